The first-order valence-corrected chi connectivity index (χ1v) is 20.0. The lowest BCUT2D eigenvalue weighted by Gasteiger charge is -2.26. The van der Waals surface area contributed by atoms with Gasteiger partial charge in [0.2, 0.25) is 0 Å². The Hall–Kier alpha value is -6.84. The zero-order valence-corrected chi connectivity index (χ0v) is 33.3. The number of fused-ring (bicyclic) bond motifs is 3. The van der Waals surface area contributed by atoms with Crippen molar-refractivity contribution in [3.05, 3.63) is 217 Å². The van der Waals surface area contributed by atoms with Crippen molar-refractivity contribution in [2.45, 2.75) is 62.4 Å². The predicted molar refractivity (Wildman–Crippen MR) is 265 cm³/mol. The van der Waals surface area contributed by atoms with Crippen LogP contribution in [0, 0.1) is 13.8 Å². The average Bonchev–Trinajstić information content (AvgIpc) is 3.60. The summed E-state index contributed by atoms with van der Waals surface area (Å²) in [5, 5.41) is 2.73. The monoisotopic (exact) mass is 787 g/mol. The molecule has 0 N–H and O–H groups in total. The first kappa shape index (κ1) is 44.3. The van der Waals surface area contributed by atoms with Gasteiger partial charge in [-0.1, -0.05) is 151 Å². The third-order valence-corrected chi connectivity index (χ3v) is 10.8. The summed E-state index contributed by atoms with van der Waals surface area (Å²) in [7, 11) is 0. The van der Waals surface area contributed by atoms with Crippen molar-refractivity contribution in [2.24, 2.45) is 0 Å². The Balaban J connectivity index is 0.000000287. The van der Waals surface area contributed by atoms with Crippen molar-refractivity contribution in [3.8, 4) is 11.1 Å². The fraction of sp³-hybridized carbons (Fsp3) is 0.158. The maximum absolute atomic E-state index is 2.46. The van der Waals surface area contributed by atoms with Crippen LogP contribution in [-0.4, -0.2) is 4.57 Å². The van der Waals surface area contributed by atoms with E-state index in [0.717, 1.165) is 40.5 Å². The number of anilines is 6. The molecule has 0 saturated carbocycles. The van der Waals surface area contributed by atoms with E-state index in [1.807, 2.05) is 0 Å². The average molecular weight is 788 g/mol. The first-order valence-electron chi connectivity index (χ1n) is 20.0. The minimum Gasteiger partial charge on any atom is -0.338 e. The normalized spacial score (nSPS) is 10.9. The molecular formula is C57H61N3. The topological polar surface area (TPSA) is 11.4 Å². The van der Waals surface area contributed by atoms with E-state index in [1.165, 1.54) is 44.1 Å². The van der Waals surface area contributed by atoms with E-state index in [-0.39, 0.29) is 22.3 Å². The Kier molecular flexibility index (Phi) is 14.9. The molecule has 0 aliphatic rings. The second-order valence-electron chi connectivity index (χ2n) is 14.8. The maximum atomic E-state index is 2.46. The van der Waals surface area contributed by atoms with E-state index in [1.54, 1.807) is 0 Å². The minimum absolute atomic E-state index is 0. The van der Waals surface area contributed by atoms with Crippen molar-refractivity contribution in [3.63, 3.8) is 0 Å². The lowest BCUT2D eigenvalue weighted by atomic mass is 10.0. The van der Waals surface area contributed by atoms with Gasteiger partial charge in [0.1, 0.15) is 0 Å². The number of aryl methyl sites for hydroxylation is 2. The molecule has 9 aromatic rings. The van der Waals surface area contributed by atoms with Crippen LogP contribution in [0.3, 0.4) is 0 Å². The van der Waals surface area contributed by atoms with E-state index in [2.05, 4.69) is 248 Å². The van der Waals surface area contributed by atoms with E-state index in [9.17, 15) is 0 Å². The number of benzene rings is 8. The molecule has 0 radical (unpaired) electrons. The summed E-state index contributed by atoms with van der Waals surface area (Å²) in [4.78, 5) is 4.61. The van der Waals surface area contributed by atoms with Crippen LogP contribution in [-0.2, 0) is 0 Å². The number of hydrogen-bond donors (Lipinski definition) is 0. The first-order chi connectivity index (χ1) is 28.0. The molecular weight excluding hydrogens is 727 g/mol. The van der Waals surface area contributed by atoms with Crippen LogP contribution in [0.25, 0.3) is 32.9 Å². The molecule has 0 amide bonds. The van der Waals surface area contributed by atoms with Gasteiger partial charge in [-0.3, -0.25) is 0 Å². The molecule has 3 heteroatoms. The highest BCUT2D eigenvalue weighted by molar-refractivity contribution is 6.08. The summed E-state index contributed by atoms with van der Waals surface area (Å²) in [6.45, 7) is 8.81. The van der Waals surface area contributed by atoms with E-state index < -0.39 is 0 Å². The Bertz CT molecular complexity index is 2510. The van der Waals surface area contributed by atoms with Gasteiger partial charge in [-0.25, -0.2) is 0 Å². The minimum atomic E-state index is 0. The lowest BCUT2D eigenvalue weighted by molar-refractivity contribution is 0.563. The molecule has 0 fully saturated rings. The van der Waals surface area contributed by atoms with Crippen LogP contribution in [0.2, 0.25) is 0 Å². The lowest BCUT2D eigenvalue weighted by Crippen LogP contribution is -2.10. The van der Waals surface area contributed by atoms with Crippen molar-refractivity contribution in [1.29, 1.82) is 0 Å². The number of para-hydroxylation sites is 4. The summed E-state index contributed by atoms with van der Waals surface area (Å²) in [5.74, 6) is 0. The second-order valence-corrected chi connectivity index (χ2v) is 14.8. The largest absolute Gasteiger partial charge is 0.338 e. The maximum Gasteiger partial charge on any atom is 0.0493 e. The Morgan fingerprint density at radius 1 is 0.383 bits per heavy atom. The van der Waals surface area contributed by atoms with Gasteiger partial charge in [-0.15, -0.1) is 0 Å². The zero-order valence-electron chi connectivity index (χ0n) is 33.3. The fourth-order valence-electron chi connectivity index (χ4n) is 7.80. The predicted octanol–water partition coefficient (Wildman–Crippen LogP) is 17.6. The molecule has 0 saturated heterocycles. The summed E-state index contributed by atoms with van der Waals surface area (Å²) < 4.78 is 2.46. The highest BCUT2D eigenvalue weighted by Crippen LogP contribution is 2.38. The van der Waals surface area contributed by atoms with E-state index in [4.69, 9.17) is 0 Å². The number of aromatic nitrogens is 1. The van der Waals surface area contributed by atoms with Crippen molar-refractivity contribution in [2.75, 3.05) is 9.80 Å². The third-order valence-electron chi connectivity index (χ3n) is 10.8. The molecule has 8 aromatic carbocycles. The number of hydrogen-bond acceptors (Lipinski definition) is 2. The van der Waals surface area contributed by atoms with Gasteiger partial charge in [0.15, 0.2) is 0 Å². The van der Waals surface area contributed by atoms with Crippen molar-refractivity contribution < 1.29 is 0 Å². The Morgan fingerprint density at radius 2 is 0.717 bits per heavy atom. The molecule has 3 nitrogen and oxygen atoms in total. The fourth-order valence-corrected chi connectivity index (χ4v) is 7.80. The van der Waals surface area contributed by atoms with Gasteiger partial charge >= 0.3 is 0 Å². The highest BCUT2D eigenvalue weighted by Gasteiger charge is 2.15. The molecule has 60 heavy (non-hydrogen) atoms. The van der Waals surface area contributed by atoms with Gasteiger partial charge in [-0.2, -0.15) is 0 Å². The van der Waals surface area contributed by atoms with Gasteiger partial charge in [0.05, 0.1) is 0 Å². The number of nitrogens with zero attached hydrogens (tertiary/aromatic N) is 3. The summed E-state index contributed by atoms with van der Waals surface area (Å²) in [5.41, 5.74) is 14.4. The smallest absolute Gasteiger partial charge is 0.0493 e. The summed E-state index contributed by atoms with van der Waals surface area (Å²) in [6, 6.07) is 74.0. The molecule has 1 heterocycles. The molecule has 0 bridgehead atoms. The Morgan fingerprint density at radius 3 is 1.08 bits per heavy atom. The Labute approximate surface area is 359 Å². The van der Waals surface area contributed by atoms with Gasteiger partial charge in [0.25, 0.3) is 0 Å². The van der Waals surface area contributed by atoms with Crippen LogP contribution < -0.4 is 9.80 Å². The zero-order chi connectivity index (χ0) is 39.1. The highest BCUT2D eigenvalue weighted by atomic mass is 15.1. The quantitative estimate of drug-likeness (QED) is 0.144. The van der Waals surface area contributed by atoms with Gasteiger partial charge in [-0.05, 0) is 134 Å². The van der Waals surface area contributed by atoms with Crippen molar-refractivity contribution >= 4 is 55.9 Å². The molecule has 304 valence electrons. The molecule has 1 aromatic heterocycles. The second kappa shape index (κ2) is 20.2. The summed E-state index contributed by atoms with van der Waals surface area (Å²) in [6.07, 6.45) is 1.16. The van der Waals surface area contributed by atoms with Crippen LogP contribution in [0.5, 0.6) is 0 Å². The van der Waals surface area contributed by atoms with Crippen molar-refractivity contribution in [1.82, 2.24) is 4.57 Å². The molecule has 0 aliphatic heterocycles. The molecule has 1 atom stereocenters. The molecule has 0 aliphatic carbocycles. The molecule has 0 spiro atoms. The van der Waals surface area contributed by atoms with Crippen LogP contribution in [0.1, 0.15) is 59.7 Å². The van der Waals surface area contributed by atoms with E-state index in [0.29, 0.717) is 6.04 Å². The van der Waals surface area contributed by atoms with Gasteiger partial charge < -0.3 is 14.4 Å². The number of rotatable bonds is 9. The van der Waals surface area contributed by atoms with Crippen LogP contribution >= 0.6 is 0 Å². The standard InChI is InChI=1S/C38H32N2.C16H17N.3CH4/c1-29-11-9-17-37(27-29)39(33-13-5-3-6-14-33)35-23-19-31(20-24-35)32-21-25-36(26-22-32)40(34-15-7-4-8-16-34)38-18-10-12-30(2)28-38;1-3-12(2)17-15-10-6-4-8-13(15)14-9-5-7-11-16(14)17;;;/h3-28H,1-2H3;4-12H,3H2,1-2H3;3*1H4. The SMILES string of the molecule is C.C.C.CCC(C)n1c2ccccc2c2ccccc21.Cc1cccc(N(c2ccccc2)c2ccc(-c3ccc(N(c4ccccc4)c4cccc(C)c4)cc3)cc2)c1. The summed E-state index contributed by atoms with van der Waals surface area (Å²) >= 11 is 0. The van der Waals surface area contributed by atoms with Gasteiger partial charge in [0, 0.05) is 62.0 Å². The molecule has 1 unspecified atom stereocenters. The molecule has 9 rings (SSSR count). The van der Waals surface area contributed by atoms with Crippen LogP contribution in [0.15, 0.2) is 206 Å². The van der Waals surface area contributed by atoms with Crippen LogP contribution in [0.4, 0.5) is 34.1 Å². The third kappa shape index (κ3) is 9.38. The van der Waals surface area contributed by atoms with E-state index >= 15 is 0 Å².